The molecule has 4 nitrogen and oxygen atoms in total. The van der Waals surface area contributed by atoms with Crippen LogP contribution in [0.4, 0.5) is 9.18 Å². The summed E-state index contributed by atoms with van der Waals surface area (Å²) in [5.74, 6) is -0.687. The van der Waals surface area contributed by atoms with Crippen molar-refractivity contribution in [3.05, 3.63) is 94.4 Å². The van der Waals surface area contributed by atoms with E-state index in [1.165, 1.54) is 17.0 Å². The van der Waals surface area contributed by atoms with Crippen LogP contribution in [0.15, 0.2) is 71.6 Å². The third-order valence-electron chi connectivity index (χ3n) is 4.53. The predicted octanol–water partition coefficient (Wildman–Crippen LogP) is 5.16. The van der Waals surface area contributed by atoms with Crippen LogP contribution in [0.3, 0.4) is 0 Å². The van der Waals surface area contributed by atoms with Gasteiger partial charge in [-0.15, -0.1) is 0 Å². The van der Waals surface area contributed by atoms with Gasteiger partial charge in [-0.25, -0.2) is 4.39 Å². The lowest BCUT2D eigenvalue weighted by Gasteiger charge is -2.12. The molecule has 1 aliphatic rings. The summed E-state index contributed by atoms with van der Waals surface area (Å²) >= 11 is 0.923. The lowest BCUT2D eigenvalue weighted by molar-refractivity contribution is -0.123. The van der Waals surface area contributed by atoms with E-state index in [9.17, 15) is 14.0 Å². The second kappa shape index (κ2) is 7.48. The number of para-hydroxylation sites is 1. The monoisotopic (exact) mass is 392 g/mol. The molecule has 0 atom stereocenters. The number of aromatic nitrogens is 1. The van der Waals surface area contributed by atoms with Crippen LogP contribution in [0, 0.1) is 12.7 Å². The highest BCUT2D eigenvalue weighted by molar-refractivity contribution is 8.18. The second-order valence-electron chi connectivity index (χ2n) is 6.46. The SMILES string of the molecule is Cc1ccc(/C=C2\SC(=O)N(Cc3ccc(F)cc3)C2=O)n1-c1ccccc1. The molecule has 1 aromatic heterocycles. The zero-order valence-electron chi connectivity index (χ0n) is 15.1. The average molecular weight is 392 g/mol. The molecule has 1 saturated heterocycles. The maximum absolute atomic E-state index is 13.1. The Morgan fingerprint density at radius 3 is 2.39 bits per heavy atom. The summed E-state index contributed by atoms with van der Waals surface area (Å²) in [6.45, 7) is 2.12. The van der Waals surface area contributed by atoms with Crippen molar-refractivity contribution >= 4 is 29.0 Å². The van der Waals surface area contributed by atoms with E-state index in [1.807, 2.05) is 54.0 Å². The van der Waals surface area contributed by atoms with E-state index in [2.05, 4.69) is 0 Å². The van der Waals surface area contributed by atoms with Gasteiger partial charge in [-0.2, -0.15) is 0 Å². The van der Waals surface area contributed by atoms with Gasteiger partial charge in [0.1, 0.15) is 5.82 Å². The van der Waals surface area contributed by atoms with Gasteiger partial charge in [0.25, 0.3) is 11.1 Å². The standard InChI is InChI=1S/C22H17FN2O2S/c1-15-7-12-19(25(15)18-5-3-2-4-6-18)13-20-21(26)24(22(27)28-20)14-16-8-10-17(23)11-9-16/h2-13H,14H2,1H3/b20-13-. The molecule has 28 heavy (non-hydrogen) atoms. The first-order valence-corrected chi connectivity index (χ1v) is 9.58. The van der Waals surface area contributed by atoms with Gasteiger partial charge < -0.3 is 4.57 Å². The lowest BCUT2D eigenvalue weighted by atomic mass is 10.2. The molecule has 0 unspecified atom stereocenters. The molecule has 0 spiro atoms. The smallest absolute Gasteiger partial charge is 0.293 e. The highest BCUT2D eigenvalue weighted by Gasteiger charge is 2.35. The van der Waals surface area contributed by atoms with Crippen molar-refractivity contribution in [3.63, 3.8) is 0 Å². The van der Waals surface area contributed by atoms with E-state index in [-0.39, 0.29) is 23.5 Å². The van der Waals surface area contributed by atoms with Crippen LogP contribution in [-0.4, -0.2) is 20.6 Å². The first-order chi connectivity index (χ1) is 13.5. The number of amides is 2. The second-order valence-corrected chi connectivity index (χ2v) is 7.46. The third kappa shape index (κ3) is 3.51. The molecule has 0 bridgehead atoms. The van der Waals surface area contributed by atoms with Gasteiger partial charge in [0.2, 0.25) is 0 Å². The molecular formula is C22H17FN2O2S. The average Bonchev–Trinajstić information content (AvgIpc) is 3.18. The maximum atomic E-state index is 13.1. The van der Waals surface area contributed by atoms with Crippen LogP contribution in [0.2, 0.25) is 0 Å². The van der Waals surface area contributed by atoms with Crippen molar-refractivity contribution in [1.82, 2.24) is 9.47 Å². The van der Waals surface area contributed by atoms with Crippen molar-refractivity contribution in [2.75, 3.05) is 0 Å². The Kier molecular flexibility index (Phi) is 4.88. The van der Waals surface area contributed by atoms with Crippen LogP contribution in [0.1, 0.15) is 17.0 Å². The van der Waals surface area contributed by atoms with Crippen molar-refractivity contribution in [2.24, 2.45) is 0 Å². The number of halogens is 1. The van der Waals surface area contributed by atoms with Gasteiger partial charge in [-0.3, -0.25) is 14.5 Å². The number of carbonyl (C=O) groups is 2. The highest BCUT2D eigenvalue weighted by Crippen LogP contribution is 2.34. The van der Waals surface area contributed by atoms with Crippen LogP contribution in [0.5, 0.6) is 0 Å². The number of imide groups is 1. The molecule has 2 heterocycles. The molecule has 0 aliphatic carbocycles. The molecule has 3 aromatic rings. The quantitative estimate of drug-likeness (QED) is 0.576. The number of thioether (sulfide) groups is 1. The van der Waals surface area contributed by atoms with Crippen molar-refractivity contribution < 1.29 is 14.0 Å². The Balaban J connectivity index is 1.62. The predicted molar refractivity (Wildman–Crippen MR) is 108 cm³/mol. The Labute approximate surface area is 166 Å². The Bertz CT molecular complexity index is 1070. The molecule has 1 aliphatic heterocycles. The van der Waals surface area contributed by atoms with Crippen LogP contribution >= 0.6 is 11.8 Å². The summed E-state index contributed by atoms with van der Waals surface area (Å²) in [5, 5.41) is -0.324. The van der Waals surface area contributed by atoms with Gasteiger partial charge in [0.05, 0.1) is 11.4 Å². The summed E-state index contributed by atoms with van der Waals surface area (Å²) in [7, 11) is 0. The molecule has 0 radical (unpaired) electrons. The Morgan fingerprint density at radius 1 is 0.964 bits per heavy atom. The minimum absolute atomic E-state index is 0.126. The summed E-state index contributed by atoms with van der Waals surface area (Å²) in [6, 6.07) is 19.5. The topological polar surface area (TPSA) is 42.3 Å². The number of aryl methyl sites for hydroxylation is 1. The number of hydrogen-bond acceptors (Lipinski definition) is 3. The fraction of sp³-hybridized carbons (Fsp3) is 0.0909. The lowest BCUT2D eigenvalue weighted by Crippen LogP contribution is -2.27. The minimum atomic E-state index is -0.352. The van der Waals surface area contributed by atoms with Crippen LogP contribution in [-0.2, 0) is 11.3 Å². The van der Waals surface area contributed by atoms with E-state index < -0.39 is 0 Å². The summed E-state index contributed by atoms with van der Waals surface area (Å²) < 4.78 is 15.1. The van der Waals surface area contributed by atoms with Crippen molar-refractivity contribution in [3.8, 4) is 5.69 Å². The van der Waals surface area contributed by atoms with E-state index in [4.69, 9.17) is 0 Å². The maximum Gasteiger partial charge on any atom is 0.293 e. The summed E-state index contributed by atoms with van der Waals surface area (Å²) in [5.41, 5.74) is 3.55. The van der Waals surface area contributed by atoms with Crippen LogP contribution in [0.25, 0.3) is 11.8 Å². The normalized spacial score (nSPS) is 15.6. The molecule has 0 N–H and O–H groups in total. The minimum Gasteiger partial charge on any atom is -0.314 e. The number of hydrogen-bond donors (Lipinski definition) is 0. The van der Waals surface area contributed by atoms with Gasteiger partial charge in [-0.1, -0.05) is 30.3 Å². The largest absolute Gasteiger partial charge is 0.314 e. The zero-order valence-corrected chi connectivity index (χ0v) is 15.9. The molecule has 6 heteroatoms. The Hall–Kier alpha value is -3.12. The molecule has 140 valence electrons. The number of rotatable bonds is 4. The van der Waals surface area contributed by atoms with E-state index in [0.717, 1.165) is 28.8 Å². The van der Waals surface area contributed by atoms with Gasteiger partial charge in [0.15, 0.2) is 0 Å². The first-order valence-electron chi connectivity index (χ1n) is 8.76. The van der Waals surface area contributed by atoms with Crippen molar-refractivity contribution in [2.45, 2.75) is 13.5 Å². The zero-order chi connectivity index (χ0) is 19.7. The van der Waals surface area contributed by atoms with Crippen LogP contribution < -0.4 is 0 Å². The highest BCUT2D eigenvalue weighted by atomic mass is 32.2. The fourth-order valence-electron chi connectivity index (χ4n) is 3.14. The summed E-state index contributed by atoms with van der Waals surface area (Å²) in [6.07, 6.45) is 1.75. The molecule has 2 aromatic carbocycles. The Morgan fingerprint density at radius 2 is 1.68 bits per heavy atom. The third-order valence-corrected chi connectivity index (χ3v) is 5.43. The number of nitrogens with zero attached hydrogens (tertiary/aromatic N) is 2. The summed E-state index contributed by atoms with van der Waals surface area (Å²) in [4.78, 5) is 26.7. The molecular weight excluding hydrogens is 375 g/mol. The van der Waals surface area contributed by atoms with Gasteiger partial charge >= 0.3 is 0 Å². The molecule has 1 fully saturated rings. The molecule has 4 rings (SSSR count). The molecule has 0 saturated carbocycles. The van der Waals surface area contributed by atoms with E-state index >= 15 is 0 Å². The van der Waals surface area contributed by atoms with E-state index in [0.29, 0.717) is 10.5 Å². The fourth-order valence-corrected chi connectivity index (χ4v) is 3.97. The van der Waals surface area contributed by atoms with Crippen molar-refractivity contribution in [1.29, 1.82) is 0 Å². The number of benzene rings is 2. The number of carbonyl (C=O) groups excluding carboxylic acids is 2. The van der Waals surface area contributed by atoms with Gasteiger partial charge in [-0.05, 0) is 66.7 Å². The molecule has 2 amide bonds. The van der Waals surface area contributed by atoms with Gasteiger partial charge in [0, 0.05) is 17.1 Å². The van der Waals surface area contributed by atoms with E-state index in [1.54, 1.807) is 18.2 Å². The first kappa shape index (κ1) is 18.3.